The van der Waals surface area contributed by atoms with Gasteiger partial charge in [-0.2, -0.15) is 0 Å². The minimum atomic E-state index is -0.0888. The number of amides is 1. The van der Waals surface area contributed by atoms with E-state index in [1.807, 2.05) is 54.8 Å². The molecule has 0 saturated heterocycles. The summed E-state index contributed by atoms with van der Waals surface area (Å²) in [7, 11) is 3.22. The minimum absolute atomic E-state index is 0.0888. The van der Waals surface area contributed by atoms with Crippen LogP contribution in [0.4, 0.5) is 5.69 Å². The Morgan fingerprint density at radius 1 is 1.07 bits per heavy atom. The molecule has 3 aromatic rings. The number of rotatable bonds is 8. The number of carbonyl (C=O) groups excluding carboxylic acids is 1. The number of carbonyl (C=O) groups is 1. The summed E-state index contributed by atoms with van der Waals surface area (Å²) in [5, 5.41) is 12.2. The molecule has 0 aliphatic rings. The largest absolute Gasteiger partial charge is 0.497 e. The second-order valence-corrected chi connectivity index (χ2v) is 7.30. The van der Waals surface area contributed by atoms with Gasteiger partial charge in [0.2, 0.25) is 5.91 Å². The third kappa shape index (κ3) is 5.08. The van der Waals surface area contributed by atoms with Crippen LogP contribution in [0.3, 0.4) is 0 Å². The molecule has 0 atom stereocenters. The van der Waals surface area contributed by atoms with Gasteiger partial charge in [-0.15, -0.1) is 10.2 Å². The van der Waals surface area contributed by atoms with Gasteiger partial charge in [0.15, 0.2) is 11.0 Å². The van der Waals surface area contributed by atoms with E-state index < -0.39 is 0 Å². The first-order chi connectivity index (χ1) is 14.0. The van der Waals surface area contributed by atoms with Gasteiger partial charge >= 0.3 is 0 Å². The van der Waals surface area contributed by atoms with Crippen LogP contribution in [-0.4, -0.2) is 40.6 Å². The monoisotopic (exact) mass is 412 g/mol. The van der Waals surface area contributed by atoms with Crippen LogP contribution in [-0.2, 0) is 11.3 Å². The molecule has 0 aliphatic heterocycles. The normalized spacial score (nSPS) is 10.6. The Morgan fingerprint density at radius 2 is 1.72 bits per heavy atom. The van der Waals surface area contributed by atoms with Gasteiger partial charge in [-0.1, -0.05) is 29.5 Å². The van der Waals surface area contributed by atoms with Crippen molar-refractivity contribution in [1.82, 2.24) is 14.8 Å². The first-order valence-electron chi connectivity index (χ1n) is 9.20. The Morgan fingerprint density at radius 3 is 2.31 bits per heavy atom. The fourth-order valence-corrected chi connectivity index (χ4v) is 3.60. The van der Waals surface area contributed by atoms with Crippen LogP contribution in [0.5, 0.6) is 11.5 Å². The summed E-state index contributed by atoms with van der Waals surface area (Å²) >= 11 is 1.35. The van der Waals surface area contributed by atoms with Gasteiger partial charge in [0.05, 0.1) is 20.0 Å². The highest BCUT2D eigenvalue weighted by molar-refractivity contribution is 7.99. The quantitative estimate of drug-likeness (QED) is 0.563. The Kier molecular flexibility index (Phi) is 6.77. The lowest BCUT2D eigenvalue weighted by Gasteiger charge is -2.10. The summed E-state index contributed by atoms with van der Waals surface area (Å²) in [6, 6.07) is 13.3. The lowest BCUT2D eigenvalue weighted by Crippen LogP contribution is -2.14. The molecule has 0 spiro atoms. The number of nitrogens with zero attached hydrogens (tertiary/aromatic N) is 3. The van der Waals surface area contributed by atoms with Crippen molar-refractivity contribution >= 4 is 23.4 Å². The summed E-state index contributed by atoms with van der Waals surface area (Å²) < 4.78 is 12.7. The molecule has 7 nitrogen and oxygen atoms in total. The van der Waals surface area contributed by atoms with E-state index in [4.69, 9.17) is 9.47 Å². The van der Waals surface area contributed by atoms with Gasteiger partial charge in [0.25, 0.3) is 0 Å². The zero-order valence-electron chi connectivity index (χ0n) is 16.9. The highest BCUT2D eigenvalue weighted by Gasteiger charge is 2.16. The van der Waals surface area contributed by atoms with E-state index in [2.05, 4.69) is 15.5 Å². The van der Waals surface area contributed by atoms with Crippen LogP contribution in [0.2, 0.25) is 0 Å². The van der Waals surface area contributed by atoms with Gasteiger partial charge in [0, 0.05) is 23.9 Å². The van der Waals surface area contributed by atoms with Gasteiger partial charge in [0.1, 0.15) is 11.5 Å². The van der Waals surface area contributed by atoms with E-state index in [1.165, 1.54) is 11.8 Å². The van der Waals surface area contributed by atoms with Crippen molar-refractivity contribution in [1.29, 1.82) is 0 Å². The third-order valence-corrected chi connectivity index (χ3v) is 5.28. The number of aromatic nitrogens is 3. The van der Waals surface area contributed by atoms with Crippen molar-refractivity contribution < 1.29 is 14.3 Å². The number of nitrogens with one attached hydrogen (secondary N) is 1. The standard InChI is InChI=1S/C21H24N4O3S/c1-5-25-20(15-10-17(27-3)12-18(11-15)28-4)23-24-21(25)29-13-19(26)22-16-8-6-14(2)7-9-16/h6-12H,5,13H2,1-4H3,(H,22,26). The SMILES string of the molecule is CCn1c(SCC(=O)Nc2ccc(C)cc2)nnc1-c1cc(OC)cc(OC)c1. The molecule has 1 heterocycles. The molecule has 8 heteroatoms. The zero-order valence-corrected chi connectivity index (χ0v) is 17.7. The molecule has 0 aliphatic carbocycles. The average molecular weight is 413 g/mol. The number of methoxy groups -OCH3 is 2. The van der Waals surface area contributed by atoms with E-state index in [9.17, 15) is 4.79 Å². The minimum Gasteiger partial charge on any atom is -0.497 e. The molecule has 29 heavy (non-hydrogen) atoms. The maximum atomic E-state index is 12.3. The second kappa shape index (κ2) is 9.47. The number of benzene rings is 2. The molecule has 3 rings (SSSR count). The Balaban J connectivity index is 1.74. The summed E-state index contributed by atoms with van der Waals surface area (Å²) in [4.78, 5) is 12.3. The maximum absolute atomic E-state index is 12.3. The molecular formula is C21H24N4O3S. The molecule has 1 aromatic heterocycles. The predicted octanol–water partition coefficient (Wildman–Crippen LogP) is 4.02. The Labute approximate surface area is 174 Å². The van der Waals surface area contributed by atoms with Crippen molar-refractivity contribution in [3.63, 3.8) is 0 Å². The topological polar surface area (TPSA) is 78.3 Å². The first kappa shape index (κ1) is 20.7. The van der Waals surface area contributed by atoms with Crippen LogP contribution in [0.1, 0.15) is 12.5 Å². The molecule has 0 radical (unpaired) electrons. The number of aryl methyl sites for hydroxylation is 1. The van der Waals surface area contributed by atoms with Crippen LogP contribution in [0.25, 0.3) is 11.4 Å². The van der Waals surface area contributed by atoms with Crippen molar-refractivity contribution in [3.8, 4) is 22.9 Å². The number of thioether (sulfide) groups is 1. The summed E-state index contributed by atoms with van der Waals surface area (Å²) in [6.45, 7) is 4.69. The molecule has 0 bridgehead atoms. The van der Waals surface area contributed by atoms with E-state index >= 15 is 0 Å². The van der Waals surface area contributed by atoms with E-state index in [0.29, 0.717) is 29.0 Å². The first-order valence-corrected chi connectivity index (χ1v) is 10.2. The molecular weight excluding hydrogens is 388 g/mol. The van der Waals surface area contributed by atoms with Crippen molar-refractivity contribution in [2.75, 3.05) is 25.3 Å². The number of ether oxygens (including phenoxy) is 2. The fraction of sp³-hybridized carbons (Fsp3) is 0.286. The molecule has 152 valence electrons. The second-order valence-electron chi connectivity index (χ2n) is 6.35. The van der Waals surface area contributed by atoms with Crippen LogP contribution in [0, 0.1) is 6.92 Å². The molecule has 0 fully saturated rings. The lowest BCUT2D eigenvalue weighted by atomic mass is 10.2. The third-order valence-electron chi connectivity index (χ3n) is 4.31. The van der Waals surface area contributed by atoms with Crippen molar-refractivity contribution in [3.05, 3.63) is 48.0 Å². The zero-order chi connectivity index (χ0) is 20.8. The number of anilines is 1. The summed E-state index contributed by atoms with van der Waals surface area (Å²) in [6.07, 6.45) is 0. The summed E-state index contributed by atoms with van der Waals surface area (Å²) in [5.41, 5.74) is 2.77. The van der Waals surface area contributed by atoms with E-state index in [-0.39, 0.29) is 11.7 Å². The Bertz CT molecular complexity index is 964. The van der Waals surface area contributed by atoms with Crippen molar-refractivity contribution in [2.24, 2.45) is 0 Å². The smallest absolute Gasteiger partial charge is 0.234 e. The van der Waals surface area contributed by atoms with Crippen LogP contribution < -0.4 is 14.8 Å². The maximum Gasteiger partial charge on any atom is 0.234 e. The highest BCUT2D eigenvalue weighted by Crippen LogP contribution is 2.30. The molecule has 1 N–H and O–H groups in total. The van der Waals surface area contributed by atoms with E-state index in [1.54, 1.807) is 20.3 Å². The van der Waals surface area contributed by atoms with Crippen LogP contribution in [0.15, 0.2) is 47.6 Å². The lowest BCUT2D eigenvalue weighted by molar-refractivity contribution is -0.113. The molecule has 0 saturated carbocycles. The van der Waals surface area contributed by atoms with Gasteiger partial charge in [-0.25, -0.2) is 0 Å². The highest BCUT2D eigenvalue weighted by atomic mass is 32.2. The number of hydrogen-bond acceptors (Lipinski definition) is 6. The molecule has 2 aromatic carbocycles. The van der Waals surface area contributed by atoms with Gasteiger partial charge < -0.3 is 19.4 Å². The fourth-order valence-electron chi connectivity index (χ4n) is 2.79. The van der Waals surface area contributed by atoms with Crippen molar-refractivity contribution in [2.45, 2.75) is 25.5 Å². The Hall–Kier alpha value is -3.00. The van der Waals surface area contributed by atoms with Crippen LogP contribution >= 0.6 is 11.8 Å². The van der Waals surface area contributed by atoms with Gasteiger partial charge in [-0.3, -0.25) is 4.79 Å². The predicted molar refractivity (Wildman–Crippen MR) is 115 cm³/mol. The molecule has 0 unspecified atom stereocenters. The summed E-state index contributed by atoms with van der Waals surface area (Å²) in [5.74, 6) is 2.21. The number of hydrogen-bond donors (Lipinski definition) is 1. The van der Waals surface area contributed by atoms with E-state index in [0.717, 1.165) is 16.8 Å². The average Bonchev–Trinajstić information content (AvgIpc) is 3.16. The van der Waals surface area contributed by atoms with Gasteiger partial charge in [-0.05, 0) is 38.1 Å². The molecule has 1 amide bonds.